The maximum absolute atomic E-state index is 12.3. The van der Waals surface area contributed by atoms with Crippen molar-refractivity contribution < 1.29 is 9.90 Å². The van der Waals surface area contributed by atoms with Crippen LogP contribution in [0.15, 0.2) is 77.9 Å². The van der Waals surface area contributed by atoms with E-state index < -0.39 is 0 Å². The summed E-state index contributed by atoms with van der Waals surface area (Å²) in [6.07, 6.45) is 5.58. The summed E-state index contributed by atoms with van der Waals surface area (Å²) in [5.74, 6) is 0.784. The van der Waals surface area contributed by atoms with Crippen LogP contribution in [0.5, 0.6) is 5.75 Å². The largest absolute Gasteiger partial charge is 0.508 e. The highest BCUT2D eigenvalue weighted by molar-refractivity contribution is 6.07. The van der Waals surface area contributed by atoms with Crippen LogP contribution >= 0.6 is 0 Å². The van der Waals surface area contributed by atoms with E-state index in [9.17, 15) is 9.90 Å². The number of rotatable bonds is 4. The van der Waals surface area contributed by atoms with Gasteiger partial charge in [-0.2, -0.15) is 0 Å². The SMILES string of the molecule is CC(C)C1=CC(=C(c2ccccc2)c2ccc(O)c(C(C)C)c2)C=CC1=O. The minimum atomic E-state index is 0.0785. The van der Waals surface area contributed by atoms with Crippen LogP contribution in [0.4, 0.5) is 0 Å². The van der Waals surface area contributed by atoms with Crippen molar-refractivity contribution in [1.82, 2.24) is 0 Å². The van der Waals surface area contributed by atoms with E-state index in [1.54, 1.807) is 12.1 Å². The Morgan fingerprint density at radius 2 is 1.56 bits per heavy atom. The third-order valence-corrected chi connectivity index (χ3v) is 4.92. The van der Waals surface area contributed by atoms with Crippen LogP contribution in [-0.4, -0.2) is 10.9 Å². The number of carbonyl (C=O) groups is 1. The molecule has 0 amide bonds. The fraction of sp³-hybridized carbons (Fsp3) is 0.240. The third-order valence-electron chi connectivity index (χ3n) is 4.92. The molecular formula is C25H26O2. The number of allylic oxidation sites excluding steroid dienone is 5. The second-order valence-corrected chi connectivity index (χ2v) is 7.58. The number of hydrogen-bond acceptors (Lipinski definition) is 2. The lowest BCUT2D eigenvalue weighted by molar-refractivity contribution is -0.111. The van der Waals surface area contributed by atoms with Crippen LogP contribution in [0.1, 0.15) is 50.3 Å². The predicted molar refractivity (Wildman–Crippen MR) is 112 cm³/mol. The maximum Gasteiger partial charge on any atom is 0.182 e. The van der Waals surface area contributed by atoms with Gasteiger partial charge in [-0.05, 0) is 64.0 Å². The molecule has 0 saturated carbocycles. The van der Waals surface area contributed by atoms with E-state index >= 15 is 0 Å². The zero-order valence-electron chi connectivity index (χ0n) is 16.4. The summed E-state index contributed by atoms with van der Waals surface area (Å²) >= 11 is 0. The molecule has 0 fully saturated rings. The Balaban J connectivity index is 2.27. The fourth-order valence-electron chi connectivity index (χ4n) is 3.43. The quantitative estimate of drug-likeness (QED) is 0.723. The van der Waals surface area contributed by atoms with E-state index in [4.69, 9.17) is 0 Å². The van der Waals surface area contributed by atoms with Gasteiger partial charge in [0.15, 0.2) is 5.78 Å². The molecule has 1 N–H and O–H groups in total. The molecule has 2 heteroatoms. The number of hydrogen-bond donors (Lipinski definition) is 1. The maximum atomic E-state index is 12.3. The molecular weight excluding hydrogens is 332 g/mol. The van der Waals surface area contributed by atoms with Crippen LogP contribution < -0.4 is 0 Å². The molecule has 0 atom stereocenters. The lowest BCUT2D eigenvalue weighted by atomic mass is 9.85. The van der Waals surface area contributed by atoms with Gasteiger partial charge in [0, 0.05) is 5.57 Å². The number of phenolic OH excluding ortho intramolecular Hbond substituents is 1. The minimum Gasteiger partial charge on any atom is -0.508 e. The number of phenols is 1. The van der Waals surface area contributed by atoms with Gasteiger partial charge in [-0.15, -0.1) is 0 Å². The highest BCUT2D eigenvalue weighted by Crippen LogP contribution is 2.35. The molecule has 0 bridgehead atoms. The molecule has 2 aromatic rings. The molecule has 0 heterocycles. The van der Waals surface area contributed by atoms with Gasteiger partial charge in [0.25, 0.3) is 0 Å². The molecule has 0 aliphatic heterocycles. The van der Waals surface area contributed by atoms with Gasteiger partial charge in [0.05, 0.1) is 0 Å². The summed E-state index contributed by atoms with van der Waals surface area (Å²) in [5.41, 5.74) is 5.96. The molecule has 2 nitrogen and oxygen atoms in total. The van der Waals surface area contributed by atoms with Crippen LogP contribution in [0.3, 0.4) is 0 Å². The van der Waals surface area contributed by atoms with Crippen LogP contribution in [-0.2, 0) is 4.79 Å². The second kappa shape index (κ2) is 7.79. The molecule has 27 heavy (non-hydrogen) atoms. The van der Waals surface area contributed by atoms with Crippen molar-refractivity contribution in [3.63, 3.8) is 0 Å². The van der Waals surface area contributed by atoms with Crippen molar-refractivity contribution in [2.24, 2.45) is 5.92 Å². The summed E-state index contributed by atoms with van der Waals surface area (Å²) in [5, 5.41) is 10.2. The molecule has 2 aromatic carbocycles. The lowest BCUT2D eigenvalue weighted by Gasteiger charge is -2.19. The minimum absolute atomic E-state index is 0.0785. The Kier molecular flexibility index (Phi) is 5.46. The molecule has 138 valence electrons. The number of benzene rings is 2. The van der Waals surface area contributed by atoms with Gasteiger partial charge in [-0.1, -0.05) is 70.2 Å². The van der Waals surface area contributed by atoms with E-state index in [0.717, 1.165) is 33.4 Å². The van der Waals surface area contributed by atoms with Gasteiger partial charge in [0.2, 0.25) is 0 Å². The summed E-state index contributed by atoms with van der Waals surface area (Å²) in [6.45, 7) is 8.23. The van der Waals surface area contributed by atoms with Gasteiger partial charge < -0.3 is 5.11 Å². The Labute approximate surface area is 161 Å². The monoisotopic (exact) mass is 358 g/mol. The standard InChI is InChI=1S/C25H26O2/c1-16(2)21-14-19(10-12-23(21)26)25(18-8-6-5-7-9-18)20-11-13-24(27)22(15-20)17(3)4/h5-17,26H,1-4H3. The van der Waals surface area contributed by atoms with E-state index in [1.165, 1.54) is 0 Å². The molecule has 3 rings (SSSR count). The van der Waals surface area contributed by atoms with Crippen molar-refractivity contribution in [3.8, 4) is 5.75 Å². The summed E-state index contributed by atoms with van der Waals surface area (Å²) < 4.78 is 0. The first kappa shape index (κ1) is 18.9. The first-order valence-corrected chi connectivity index (χ1v) is 9.45. The van der Waals surface area contributed by atoms with Crippen molar-refractivity contribution in [2.45, 2.75) is 33.6 Å². The van der Waals surface area contributed by atoms with Crippen molar-refractivity contribution >= 4 is 11.4 Å². The number of ketones is 1. The molecule has 0 saturated heterocycles. The van der Waals surface area contributed by atoms with Crippen molar-refractivity contribution in [3.05, 3.63) is 94.6 Å². The van der Waals surface area contributed by atoms with Crippen LogP contribution in [0.2, 0.25) is 0 Å². The van der Waals surface area contributed by atoms with Crippen molar-refractivity contribution in [2.75, 3.05) is 0 Å². The van der Waals surface area contributed by atoms with E-state index in [0.29, 0.717) is 5.75 Å². The van der Waals surface area contributed by atoms with Crippen LogP contribution in [0, 0.1) is 5.92 Å². The van der Waals surface area contributed by atoms with E-state index in [1.807, 2.05) is 50.3 Å². The topological polar surface area (TPSA) is 37.3 Å². The first-order valence-electron chi connectivity index (χ1n) is 9.45. The summed E-state index contributed by atoms with van der Waals surface area (Å²) in [7, 11) is 0. The van der Waals surface area contributed by atoms with Crippen molar-refractivity contribution in [1.29, 1.82) is 0 Å². The second-order valence-electron chi connectivity index (χ2n) is 7.58. The smallest absolute Gasteiger partial charge is 0.182 e. The highest BCUT2D eigenvalue weighted by atomic mass is 16.3. The number of aromatic hydroxyl groups is 1. The molecule has 1 aliphatic rings. The Hall–Kier alpha value is -2.87. The van der Waals surface area contributed by atoms with E-state index in [-0.39, 0.29) is 17.6 Å². The molecule has 0 unspecified atom stereocenters. The van der Waals surface area contributed by atoms with Gasteiger partial charge in [-0.25, -0.2) is 0 Å². The van der Waals surface area contributed by atoms with Crippen LogP contribution in [0.25, 0.3) is 5.57 Å². The zero-order valence-corrected chi connectivity index (χ0v) is 16.4. The fourth-order valence-corrected chi connectivity index (χ4v) is 3.43. The summed E-state index contributed by atoms with van der Waals surface area (Å²) in [4.78, 5) is 12.3. The summed E-state index contributed by atoms with van der Waals surface area (Å²) in [6, 6.07) is 16.0. The zero-order chi connectivity index (χ0) is 19.6. The van der Waals surface area contributed by atoms with Gasteiger partial charge >= 0.3 is 0 Å². The average molecular weight is 358 g/mol. The molecule has 0 aromatic heterocycles. The molecule has 1 aliphatic carbocycles. The lowest BCUT2D eigenvalue weighted by Crippen LogP contribution is -2.10. The van der Waals surface area contributed by atoms with Gasteiger partial charge in [-0.3, -0.25) is 4.79 Å². The first-order chi connectivity index (χ1) is 12.9. The van der Waals surface area contributed by atoms with Gasteiger partial charge in [0.1, 0.15) is 5.75 Å². The molecule has 0 spiro atoms. The highest BCUT2D eigenvalue weighted by Gasteiger charge is 2.19. The average Bonchev–Trinajstić information content (AvgIpc) is 2.65. The normalized spacial score (nSPS) is 16.1. The molecule has 0 radical (unpaired) electrons. The van der Waals surface area contributed by atoms with E-state index in [2.05, 4.69) is 32.0 Å². The third kappa shape index (κ3) is 3.95. The Bertz CT molecular complexity index is 942. The Morgan fingerprint density at radius 3 is 2.19 bits per heavy atom. The Morgan fingerprint density at radius 1 is 0.852 bits per heavy atom. The number of carbonyl (C=O) groups excluding carboxylic acids is 1. The predicted octanol–water partition coefficient (Wildman–Crippen LogP) is 6.04.